The Morgan fingerprint density at radius 3 is 2.83 bits per heavy atom. The Morgan fingerprint density at radius 2 is 2.09 bits per heavy atom. The van der Waals surface area contributed by atoms with Gasteiger partial charge in [0.15, 0.2) is 0 Å². The maximum Gasteiger partial charge on any atom is 0.259 e. The number of nitrogens with zero attached hydrogens (tertiary/aromatic N) is 1. The number of piperidine rings is 1. The molecule has 0 saturated carbocycles. The van der Waals surface area contributed by atoms with Crippen molar-refractivity contribution in [1.29, 1.82) is 0 Å². The van der Waals surface area contributed by atoms with Crippen LogP contribution in [0.3, 0.4) is 0 Å². The van der Waals surface area contributed by atoms with Crippen molar-refractivity contribution in [1.82, 2.24) is 5.32 Å². The number of rotatable bonds is 2. The molecule has 1 unspecified atom stereocenters. The molecule has 0 bridgehead atoms. The van der Waals surface area contributed by atoms with Gasteiger partial charge in [-0.1, -0.05) is 24.8 Å². The van der Waals surface area contributed by atoms with Crippen molar-refractivity contribution in [2.24, 2.45) is 5.73 Å². The fraction of sp³-hybridized carbons (Fsp3) is 0.222. The van der Waals surface area contributed by atoms with E-state index in [2.05, 4.69) is 11.9 Å². The van der Waals surface area contributed by atoms with Gasteiger partial charge in [-0.3, -0.25) is 14.5 Å². The Kier molecular flexibility index (Phi) is 2.99. The van der Waals surface area contributed by atoms with Crippen molar-refractivity contribution in [2.45, 2.75) is 25.4 Å². The van der Waals surface area contributed by atoms with Crippen LogP contribution in [0.1, 0.15) is 28.8 Å². The molecule has 23 heavy (non-hydrogen) atoms. The van der Waals surface area contributed by atoms with Crippen LogP contribution >= 0.6 is 0 Å². The summed E-state index contributed by atoms with van der Waals surface area (Å²) in [5, 5.41) is 4.65. The zero-order chi connectivity index (χ0) is 16.1. The number of allylic oxidation sites excluding steroid dienone is 1. The van der Waals surface area contributed by atoms with Crippen molar-refractivity contribution in [2.75, 3.05) is 4.90 Å². The normalized spacial score (nSPS) is 20.3. The molecule has 2 aromatic rings. The first-order chi connectivity index (χ1) is 11.1. The van der Waals surface area contributed by atoms with Gasteiger partial charge in [0.1, 0.15) is 6.04 Å². The van der Waals surface area contributed by atoms with E-state index >= 15 is 0 Å². The van der Waals surface area contributed by atoms with Crippen LogP contribution in [0.25, 0.3) is 10.8 Å². The Balaban J connectivity index is 1.88. The van der Waals surface area contributed by atoms with Crippen LogP contribution in [-0.4, -0.2) is 17.9 Å². The number of amides is 2. The first-order valence-corrected chi connectivity index (χ1v) is 7.68. The number of nitrogens with one attached hydrogen (secondary N) is 1. The van der Waals surface area contributed by atoms with Crippen molar-refractivity contribution in [3.63, 3.8) is 0 Å². The molecule has 0 aromatic heterocycles. The smallest absolute Gasteiger partial charge is 0.259 e. The van der Waals surface area contributed by atoms with Gasteiger partial charge in [0.2, 0.25) is 5.91 Å². The third-order valence-corrected chi connectivity index (χ3v) is 4.67. The van der Waals surface area contributed by atoms with Crippen LogP contribution in [0.15, 0.2) is 42.6 Å². The number of carbonyl (C=O) groups excluding carboxylic acids is 2. The van der Waals surface area contributed by atoms with Crippen LogP contribution in [-0.2, 0) is 11.3 Å². The molecule has 116 valence electrons. The van der Waals surface area contributed by atoms with Gasteiger partial charge in [0, 0.05) is 23.2 Å². The molecule has 1 saturated heterocycles. The highest BCUT2D eigenvalue weighted by Crippen LogP contribution is 2.41. The number of nitrogens with two attached hydrogens (primary N) is 1. The highest BCUT2D eigenvalue weighted by Gasteiger charge is 2.39. The molecule has 5 heteroatoms. The molecule has 0 radical (unpaired) electrons. The van der Waals surface area contributed by atoms with Gasteiger partial charge in [-0.2, -0.15) is 0 Å². The minimum atomic E-state index is -0.493. The highest BCUT2D eigenvalue weighted by atomic mass is 16.2. The van der Waals surface area contributed by atoms with Gasteiger partial charge < -0.3 is 11.1 Å². The SMILES string of the molecule is C=C1CCC(N2C(=O)c3cccc4c(CN)ccc2c34)C(=O)N1. The molecular formula is C18H17N3O2. The number of hydrogen-bond donors (Lipinski definition) is 2. The summed E-state index contributed by atoms with van der Waals surface area (Å²) in [6.45, 7) is 4.21. The minimum Gasteiger partial charge on any atom is -0.329 e. The van der Waals surface area contributed by atoms with Crippen molar-refractivity contribution in [3.8, 4) is 0 Å². The van der Waals surface area contributed by atoms with Crippen molar-refractivity contribution >= 4 is 28.3 Å². The Hall–Kier alpha value is -2.66. The number of anilines is 1. The van der Waals surface area contributed by atoms with Crippen LogP contribution in [0, 0.1) is 0 Å². The third-order valence-electron chi connectivity index (χ3n) is 4.67. The molecule has 2 aliphatic heterocycles. The van der Waals surface area contributed by atoms with E-state index in [1.165, 1.54) is 0 Å². The predicted molar refractivity (Wildman–Crippen MR) is 89.0 cm³/mol. The van der Waals surface area contributed by atoms with E-state index in [0.29, 0.717) is 30.6 Å². The van der Waals surface area contributed by atoms with Gasteiger partial charge in [-0.05, 0) is 35.9 Å². The lowest BCUT2D eigenvalue weighted by molar-refractivity contribution is -0.122. The largest absolute Gasteiger partial charge is 0.329 e. The van der Waals surface area contributed by atoms with Crippen LogP contribution in [0.2, 0.25) is 0 Å². The molecular weight excluding hydrogens is 290 g/mol. The average Bonchev–Trinajstić information content (AvgIpc) is 2.83. The molecule has 0 spiro atoms. The van der Waals surface area contributed by atoms with E-state index in [4.69, 9.17) is 5.73 Å². The van der Waals surface area contributed by atoms with Gasteiger partial charge in [0.25, 0.3) is 5.91 Å². The minimum absolute atomic E-state index is 0.118. The molecule has 4 rings (SSSR count). The molecule has 3 N–H and O–H groups in total. The quantitative estimate of drug-likeness (QED) is 0.891. The second kappa shape index (κ2) is 4.93. The van der Waals surface area contributed by atoms with E-state index < -0.39 is 6.04 Å². The van der Waals surface area contributed by atoms with Crippen LogP contribution in [0.4, 0.5) is 5.69 Å². The summed E-state index contributed by atoms with van der Waals surface area (Å²) in [6, 6.07) is 9.00. The Morgan fingerprint density at radius 1 is 1.26 bits per heavy atom. The molecule has 2 heterocycles. The summed E-state index contributed by atoms with van der Waals surface area (Å²) in [5.74, 6) is -0.286. The second-order valence-corrected chi connectivity index (χ2v) is 6.00. The highest BCUT2D eigenvalue weighted by molar-refractivity contribution is 6.27. The standard InChI is InChI=1S/C18H17N3O2/c1-10-5-7-15(17(22)20-10)21-14-8-6-11(9-19)12-3-2-4-13(16(12)14)18(21)23/h2-4,6,8,15H,1,5,7,9,19H2,(H,20,22). The van der Waals surface area contributed by atoms with Crippen LogP contribution < -0.4 is 16.0 Å². The topological polar surface area (TPSA) is 75.4 Å². The lowest BCUT2D eigenvalue weighted by atomic mass is 10.00. The Bertz CT molecular complexity index is 872. The monoisotopic (exact) mass is 307 g/mol. The van der Waals surface area contributed by atoms with Gasteiger partial charge >= 0.3 is 0 Å². The van der Waals surface area contributed by atoms with Crippen LogP contribution in [0.5, 0.6) is 0 Å². The molecule has 2 amide bonds. The summed E-state index contributed by atoms with van der Waals surface area (Å²) in [7, 11) is 0. The fourth-order valence-corrected chi connectivity index (χ4v) is 3.56. The molecule has 1 atom stereocenters. The van der Waals surface area contributed by atoms with Crippen molar-refractivity contribution < 1.29 is 9.59 Å². The molecule has 2 aliphatic rings. The maximum atomic E-state index is 12.9. The molecule has 5 nitrogen and oxygen atoms in total. The Labute approximate surface area is 133 Å². The van der Waals surface area contributed by atoms with Gasteiger partial charge in [-0.25, -0.2) is 0 Å². The molecule has 2 aromatic carbocycles. The maximum absolute atomic E-state index is 12.9. The lowest BCUT2D eigenvalue weighted by Gasteiger charge is -2.31. The second-order valence-electron chi connectivity index (χ2n) is 6.00. The van der Waals surface area contributed by atoms with E-state index in [1.807, 2.05) is 30.3 Å². The number of carbonyl (C=O) groups is 2. The van der Waals surface area contributed by atoms with E-state index in [-0.39, 0.29) is 11.8 Å². The fourth-order valence-electron chi connectivity index (χ4n) is 3.56. The first-order valence-electron chi connectivity index (χ1n) is 7.68. The summed E-state index contributed by atoms with van der Waals surface area (Å²) in [5.41, 5.74) is 8.96. The van der Waals surface area contributed by atoms with E-state index in [1.54, 1.807) is 4.90 Å². The summed E-state index contributed by atoms with van der Waals surface area (Å²) in [4.78, 5) is 26.9. The van der Waals surface area contributed by atoms with E-state index in [0.717, 1.165) is 22.0 Å². The van der Waals surface area contributed by atoms with Crippen molar-refractivity contribution in [3.05, 3.63) is 53.7 Å². The zero-order valence-corrected chi connectivity index (χ0v) is 12.6. The number of benzene rings is 2. The third kappa shape index (κ3) is 1.90. The molecule has 0 aliphatic carbocycles. The van der Waals surface area contributed by atoms with Gasteiger partial charge in [-0.15, -0.1) is 0 Å². The number of hydrogen-bond acceptors (Lipinski definition) is 3. The summed E-state index contributed by atoms with van der Waals surface area (Å²) >= 11 is 0. The lowest BCUT2D eigenvalue weighted by Crippen LogP contribution is -2.51. The average molecular weight is 307 g/mol. The summed E-state index contributed by atoms with van der Waals surface area (Å²) in [6.07, 6.45) is 1.27. The van der Waals surface area contributed by atoms with Gasteiger partial charge in [0.05, 0.1) is 5.69 Å². The predicted octanol–water partition coefficient (Wildman–Crippen LogP) is 2.05. The molecule has 1 fully saturated rings. The first kappa shape index (κ1) is 14.0. The zero-order valence-electron chi connectivity index (χ0n) is 12.6. The summed E-state index contributed by atoms with van der Waals surface area (Å²) < 4.78 is 0. The van der Waals surface area contributed by atoms with E-state index in [9.17, 15) is 9.59 Å².